The SMILES string of the molecule is CC(C)NCCC(=O)Nc1ccc(N2CCNC2=O)cc1. The Morgan fingerprint density at radius 3 is 2.62 bits per heavy atom. The Bertz CT molecular complexity index is 499. The van der Waals surface area contributed by atoms with E-state index >= 15 is 0 Å². The Hall–Kier alpha value is -2.08. The molecule has 2 rings (SSSR count). The molecular formula is C15H22N4O2. The van der Waals surface area contributed by atoms with Crippen LogP contribution in [0.4, 0.5) is 16.2 Å². The van der Waals surface area contributed by atoms with E-state index < -0.39 is 0 Å². The van der Waals surface area contributed by atoms with Crippen LogP contribution in [0.15, 0.2) is 24.3 Å². The largest absolute Gasteiger partial charge is 0.336 e. The number of nitrogens with zero attached hydrogens (tertiary/aromatic N) is 1. The molecule has 1 aromatic carbocycles. The molecule has 6 nitrogen and oxygen atoms in total. The lowest BCUT2D eigenvalue weighted by Gasteiger charge is -2.14. The molecule has 3 N–H and O–H groups in total. The van der Waals surface area contributed by atoms with Crippen molar-refractivity contribution in [3.05, 3.63) is 24.3 Å². The maximum Gasteiger partial charge on any atom is 0.321 e. The number of rotatable bonds is 6. The molecule has 1 heterocycles. The van der Waals surface area contributed by atoms with Gasteiger partial charge in [0.2, 0.25) is 5.91 Å². The predicted molar refractivity (Wildman–Crippen MR) is 83.6 cm³/mol. The number of hydrogen-bond donors (Lipinski definition) is 3. The lowest BCUT2D eigenvalue weighted by molar-refractivity contribution is -0.116. The fraction of sp³-hybridized carbons (Fsp3) is 0.467. The maximum absolute atomic E-state index is 11.8. The van der Waals surface area contributed by atoms with Crippen LogP contribution < -0.4 is 20.9 Å². The third-order valence-electron chi connectivity index (χ3n) is 3.22. The van der Waals surface area contributed by atoms with Crippen molar-refractivity contribution < 1.29 is 9.59 Å². The highest BCUT2D eigenvalue weighted by Crippen LogP contribution is 2.19. The van der Waals surface area contributed by atoms with Gasteiger partial charge in [0, 0.05) is 43.5 Å². The van der Waals surface area contributed by atoms with Crippen molar-refractivity contribution >= 4 is 23.3 Å². The van der Waals surface area contributed by atoms with Crippen molar-refractivity contribution in [3.8, 4) is 0 Å². The molecule has 0 spiro atoms. The Morgan fingerprint density at radius 2 is 2.05 bits per heavy atom. The summed E-state index contributed by atoms with van der Waals surface area (Å²) in [5, 5.41) is 8.81. The van der Waals surface area contributed by atoms with Crippen molar-refractivity contribution in [1.29, 1.82) is 0 Å². The summed E-state index contributed by atoms with van der Waals surface area (Å²) in [6.07, 6.45) is 0.439. The van der Waals surface area contributed by atoms with Gasteiger partial charge in [-0.3, -0.25) is 9.69 Å². The maximum atomic E-state index is 11.8. The van der Waals surface area contributed by atoms with Crippen molar-refractivity contribution in [3.63, 3.8) is 0 Å². The fourth-order valence-corrected chi connectivity index (χ4v) is 2.14. The highest BCUT2D eigenvalue weighted by Gasteiger charge is 2.20. The summed E-state index contributed by atoms with van der Waals surface area (Å²) in [7, 11) is 0. The molecule has 114 valence electrons. The Balaban J connectivity index is 1.84. The number of amides is 3. The molecule has 0 unspecified atom stereocenters. The lowest BCUT2D eigenvalue weighted by atomic mass is 10.2. The molecule has 0 radical (unpaired) electrons. The zero-order chi connectivity index (χ0) is 15.2. The topological polar surface area (TPSA) is 73.5 Å². The quantitative estimate of drug-likeness (QED) is 0.744. The van der Waals surface area contributed by atoms with E-state index in [9.17, 15) is 9.59 Å². The number of urea groups is 1. The highest BCUT2D eigenvalue weighted by atomic mass is 16.2. The third-order valence-corrected chi connectivity index (χ3v) is 3.22. The van der Waals surface area contributed by atoms with Gasteiger partial charge in [0.15, 0.2) is 0 Å². The second-order valence-corrected chi connectivity index (χ2v) is 5.34. The van der Waals surface area contributed by atoms with E-state index in [0.717, 1.165) is 11.4 Å². The van der Waals surface area contributed by atoms with E-state index in [1.54, 1.807) is 4.90 Å². The summed E-state index contributed by atoms with van der Waals surface area (Å²) in [6.45, 7) is 6.09. The van der Waals surface area contributed by atoms with Crippen LogP contribution >= 0.6 is 0 Å². The molecule has 0 atom stereocenters. The summed E-state index contributed by atoms with van der Waals surface area (Å²) in [5.74, 6) is -0.0187. The van der Waals surface area contributed by atoms with Crippen LogP contribution in [0.1, 0.15) is 20.3 Å². The van der Waals surface area contributed by atoms with E-state index in [4.69, 9.17) is 0 Å². The van der Waals surface area contributed by atoms with Gasteiger partial charge in [0.05, 0.1) is 0 Å². The van der Waals surface area contributed by atoms with Crippen LogP contribution in [0.3, 0.4) is 0 Å². The van der Waals surface area contributed by atoms with Crippen LogP contribution in [0.5, 0.6) is 0 Å². The molecule has 6 heteroatoms. The molecule has 0 aliphatic carbocycles. The van der Waals surface area contributed by atoms with E-state index in [0.29, 0.717) is 32.1 Å². The van der Waals surface area contributed by atoms with E-state index in [-0.39, 0.29) is 11.9 Å². The summed E-state index contributed by atoms with van der Waals surface area (Å²) in [6, 6.07) is 7.61. The fourth-order valence-electron chi connectivity index (χ4n) is 2.14. The number of nitrogens with one attached hydrogen (secondary N) is 3. The van der Waals surface area contributed by atoms with E-state index in [2.05, 4.69) is 16.0 Å². The van der Waals surface area contributed by atoms with Gasteiger partial charge in [-0.1, -0.05) is 13.8 Å². The number of benzene rings is 1. The molecule has 3 amide bonds. The number of anilines is 2. The zero-order valence-corrected chi connectivity index (χ0v) is 12.5. The van der Waals surface area contributed by atoms with Gasteiger partial charge in [0.25, 0.3) is 0 Å². The molecule has 0 aromatic heterocycles. The number of hydrogen-bond acceptors (Lipinski definition) is 3. The van der Waals surface area contributed by atoms with Crippen molar-refractivity contribution in [2.75, 3.05) is 29.9 Å². The summed E-state index contributed by atoms with van der Waals surface area (Å²) < 4.78 is 0. The molecule has 0 saturated carbocycles. The molecule has 1 saturated heterocycles. The number of carbonyl (C=O) groups is 2. The first-order valence-electron chi connectivity index (χ1n) is 7.25. The minimum absolute atomic E-state index is 0.0187. The van der Waals surface area contributed by atoms with Gasteiger partial charge in [-0.05, 0) is 24.3 Å². The zero-order valence-electron chi connectivity index (χ0n) is 12.5. The first-order valence-corrected chi connectivity index (χ1v) is 7.25. The van der Waals surface area contributed by atoms with Gasteiger partial charge >= 0.3 is 6.03 Å². The monoisotopic (exact) mass is 290 g/mol. The van der Waals surface area contributed by atoms with Gasteiger partial charge in [-0.25, -0.2) is 4.79 Å². The van der Waals surface area contributed by atoms with Crippen LogP contribution in [0.2, 0.25) is 0 Å². The van der Waals surface area contributed by atoms with Gasteiger partial charge < -0.3 is 16.0 Å². The summed E-state index contributed by atoms with van der Waals surface area (Å²) in [4.78, 5) is 25.0. The van der Waals surface area contributed by atoms with Crippen molar-refractivity contribution in [2.24, 2.45) is 0 Å². The lowest BCUT2D eigenvalue weighted by Crippen LogP contribution is -2.28. The van der Waals surface area contributed by atoms with Crippen LogP contribution in [0.25, 0.3) is 0 Å². The van der Waals surface area contributed by atoms with Crippen molar-refractivity contribution in [2.45, 2.75) is 26.3 Å². The first kappa shape index (κ1) is 15.3. The van der Waals surface area contributed by atoms with Crippen LogP contribution in [0, 0.1) is 0 Å². The summed E-state index contributed by atoms with van der Waals surface area (Å²) in [5.41, 5.74) is 1.58. The van der Waals surface area contributed by atoms with Crippen LogP contribution in [-0.4, -0.2) is 37.6 Å². The molecule has 0 bridgehead atoms. The smallest absolute Gasteiger partial charge is 0.321 e. The van der Waals surface area contributed by atoms with Gasteiger partial charge in [-0.15, -0.1) is 0 Å². The van der Waals surface area contributed by atoms with E-state index in [1.165, 1.54) is 0 Å². The van der Waals surface area contributed by atoms with Crippen LogP contribution in [-0.2, 0) is 4.79 Å². The second kappa shape index (κ2) is 7.08. The van der Waals surface area contributed by atoms with Gasteiger partial charge in [-0.2, -0.15) is 0 Å². The third kappa shape index (κ3) is 4.46. The number of carbonyl (C=O) groups excluding carboxylic acids is 2. The normalized spacial score (nSPS) is 14.4. The highest BCUT2D eigenvalue weighted by molar-refractivity contribution is 5.95. The molecular weight excluding hydrogens is 268 g/mol. The average Bonchev–Trinajstić information content (AvgIpc) is 2.85. The van der Waals surface area contributed by atoms with Crippen molar-refractivity contribution in [1.82, 2.24) is 10.6 Å². The summed E-state index contributed by atoms with van der Waals surface area (Å²) >= 11 is 0. The molecule has 21 heavy (non-hydrogen) atoms. The Kier molecular flexibility index (Phi) is 5.16. The molecule has 1 aliphatic heterocycles. The second-order valence-electron chi connectivity index (χ2n) is 5.34. The Labute approximate surface area is 124 Å². The molecule has 1 aromatic rings. The minimum Gasteiger partial charge on any atom is -0.336 e. The predicted octanol–water partition coefficient (Wildman–Crippen LogP) is 1.54. The standard InChI is InChI=1S/C15H22N4O2/c1-11(2)16-8-7-14(20)18-12-3-5-13(6-4-12)19-10-9-17-15(19)21/h3-6,11,16H,7-10H2,1-2H3,(H,17,21)(H,18,20). The minimum atomic E-state index is -0.0773. The first-order chi connectivity index (χ1) is 10.1. The van der Waals surface area contributed by atoms with E-state index in [1.807, 2.05) is 38.1 Å². The van der Waals surface area contributed by atoms with Gasteiger partial charge in [0.1, 0.15) is 0 Å². The molecule has 1 fully saturated rings. The Morgan fingerprint density at radius 1 is 1.33 bits per heavy atom. The average molecular weight is 290 g/mol. The molecule has 1 aliphatic rings.